The number of para-hydroxylation sites is 1. The maximum Gasteiger partial charge on any atom is 0.203 e. The smallest absolute Gasteiger partial charge is 0.203 e. The molecule has 0 radical (unpaired) electrons. The summed E-state index contributed by atoms with van der Waals surface area (Å²) in [4.78, 5) is 3.61. The van der Waals surface area contributed by atoms with Crippen LogP contribution < -0.4 is 19.5 Å². The van der Waals surface area contributed by atoms with E-state index >= 15 is 0 Å². The molecule has 4 rings (SSSR count). The largest absolute Gasteiger partial charge is 0.493 e. The van der Waals surface area contributed by atoms with Crippen molar-refractivity contribution in [1.82, 2.24) is 10.3 Å². The molecule has 28 heavy (non-hydrogen) atoms. The minimum absolute atomic E-state index is 0. The molecule has 0 fully saturated rings. The highest BCUT2D eigenvalue weighted by atomic mass is 35.5. The minimum atomic E-state index is 0. The zero-order valence-corrected chi connectivity index (χ0v) is 17.3. The Bertz CT molecular complexity index is 932. The Morgan fingerprint density at radius 3 is 2.21 bits per heavy atom. The third kappa shape index (κ3) is 3.51. The fourth-order valence-electron chi connectivity index (χ4n) is 3.95. The van der Waals surface area contributed by atoms with Crippen LogP contribution in [0.15, 0.2) is 36.4 Å². The lowest BCUT2D eigenvalue weighted by molar-refractivity contribution is 0.322. The van der Waals surface area contributed by atoms with Gasteiger partial charge in [0.05, 0.1) is 27.4 Å². The molecule has 0 amide bonds. The molecule has 6 nitrogen and oxygen atoms in total. The quantitative estimate of drug-likeness (QED) is 0.695. The van der Waals surface area contributed by atoms with Crippen molar-refractivity contribution in [2.24, 2.45) is 0 Å². The van der Waals surface area contributed by atoms with Crippen molar-refractivity contribution in [3.63, 3.8) is 0 Å². The van der Waals surface area contributed by atoms with E-state index in [1.807, 2.05) is 12.1 Å². The van der Waals surface area contributed by atoms with Gasteiger partial charge in [0.15, 0.2) is 11.5 Å². The SMILES string of the molecule is COc1cc(C2NC(C)Cc3c2[nH]c2ccccc32)cc(OC)c1OC.Cl.O. The van der Waals surface area contributed by atoms with Crippen molar-refractivity contribution in [1.29, 1.82) is 0 Å². The van der Waals surface area contributed by atoms with Crippen molar-refractivity contribution in [2.75, 3.05) is 21.3 Å². The number of aromatic nitrogens is 1. The van der Waals surface area contributed by atoms with Crippen LogP contribution in [0.5, 0.6) is 17.2 Å². The van der Waals surface area contributed by atoms with Gasteiger partial charge in [-0.3, -0.25) is 0 Å². The van der Waals surface area contributed by atoms with Crippen LogP contribution in [-0.2, 0) is 6.42 Å². The van der Waals surface area contributed by atoms with Crippen LogP contribution in [0, 0.1) is 0 Å². The van der Waals surface area contributed by atoms with Crippen molar-refractivity contribution >= 4 is 23.3 Å². The summed E-state index contributed by atoms with van der Waals surface area (Å²) in [7, 11) is 4.91. The highest BCUT2D eigenvalue weighted by Crippen LogP contribution is 2.42. The number of hydrogen-bond acceptors (Lipinski definition) is 4. The normalized spacial score (nSPS) is 17.9. The topological polar surface area (TPSA) is 87.0 Å². The molecular formula is C21H27ClN2O4. The van der Waals surface area contributed by atoms with Crippen LogP contribution in [0.25, 0.3) is 10.9 Å². The molecule has 2 atom stereocenters. The van der Waals surface area contributed by atoms with Crippen LogP contribution in [-0.4, -0.2) is 37.8 Å². The summed E-state index contributed by atoms with van der Waals surface area (Å²) < 4.78 is 16.5. The molecule has 0 saturated heterocycles. The zero-order valence-electron chi connectivity index (χ0n) is 16.5. The van der Waals surface area contributed by atoms with Crippen molar-refractivity contribution in [2.45, 2.75) is 25.4 Å². The molecule has 0 bridgehead atoms. The van der Waals surface area contributed by atoms with Crippen LogP contribution in [0.3, 0.4) is 0 Å². The second-order valence-corrected chi connectivity index (χ2v) is 6.73. The number of halogens is 1. The van der Waals surface area contributed by atoms with Gasteiger partial charge >= 0.3 is 0 Å². The number of rotatable bonds is 4. The number of nitrogens with one attached hydrogen (secondary N) is 2. The summed E-state index contributed by atoms with van der Waals surface area (Å²) in [6.45, 7) is 2.22. The molecular weight excluding hydrogens is 380 g/mol. The molecule has 1 aromatic heterocycles. The van der Waals surface area contributed by atoms with Crippen LogP contribution >= 0.6 is 12.4 Å². The van der Waals surface area contributed by atoms with Crippen molar-refractivity contribution < 1.29 is 19.7 Å². The highest BCUT2D eigenvalue weighted by molar-refractivity contribution is 5.86. The molecule has 152 valence electrons. The third-order valence-corrected chi connectivity index (χ3v) is 5.12. The summed E-state index contributed by atoms with van der Waals surface area (Å²) in [6.07, 6.45) is 1.00. The Kier molecular flexibility index (Phi) is 6.82. The first-order valence-electron chi connectivity index (χ1n) is 8.81. The molecule has 0 spiro atoms. The maximum atomic E-state index is 5.54. The predicted molar refractivity (Wildman–Crippen MR) is 113 cm³/mol. The number of ether oxygens (including phenoxy) is 3. The summed E-state index contributed by atoms with van der Waals surface area (Å²) >= 11 is 0. The molecule has 1 aliphatic heterocycles. The summed E-state index contributed by atoms with van der Waals surface area (Å²) in [5.41, 5.74) is 4.84. The van der Waals surface area contributed by atoms with E-state index in [0.29, 0.717) is 23.3 Å². The van der Waals surface area contributed by atoms with E-state index in [1.165, 1.54) is 22.2 Å². The van der Waals surface area contributed by atoms with Gasteiger partial charge < -0.3 is 30.0 Å². The fraction of sp³-hybridized carbons (Fsp3) is 0.333. The van der Waals surface area contributed by atoms with Gasteiger partial charge in [-0.1, -0.05) is 18.2 Å². The van der Waals surface area contributed by atoms with E-state index in [4.69, 9.17) is 14.2 Å². The van der Waals surface area contributed by atoms with Crippen molar-refractivity contribution in [3.8, 4) is 17.2 Å². The monoisotopic (exact) mass is 406 g/mol. The number of aromatic amines is 1. The molecule has 0 aliphatic carbocycles. The molecule has 1 aliphatic rings. The molecule has 2 heterocycles. The number of benzene rings is 2. The van der Waals surface area contributed by atoms with Gasteiger partial charge in [-0.2, -0.15) is 0 Å². The van der Waals surface area contributed by atoms with E-state index in [9.17, 15) is 0 Å². The number of fused-ring (bicyclic) bond motifs is 3. The number of methoxy groups -OCH3 is 3. The maximum absolute atomic E-state index is 5.54. The second-order valence-electron chi connectivity index (χ2n) is 6.73. The lowest BCUT2D eigenvalue weighted by Crippen LogP contribution is -2.37. The Morgan fingerprint density at radius 1 is 0.964 bits per heavy atom. The van der Waals surface area contributed by atoms with Gasteiger partial charge in [0.1, 0.15) is 0 Å². The van der Waals surface area contributed by atoms with Gasteiger partial charge in [0.2, 0.25) is 5.75 Å². The van der Waals surface area contributed by atoms with Crippen LogP contribution in [0.4, 0.5) is 0 Å². The van der Waals surface area contributed by atoms with Gasteiger partial charge in [0, 0.05) is 22.6 Å². The first kappa shape index (κ1) is 21.9. The number of hydrogen-bond donors (Lipinski definition) is 2. The van der Waals surface area contributed by atoms with E-state index in [1.54, 1.807) is 21.3 Å². The first-order chi connectivity index (χ1) is 12.7. The van der Waals surface area contributed by atoms with Gasteiger partial charge in [-0.05, 0) is 42.7 Å². The van der Waals surface area contributed by atoms with E-state index in [2.05, 4.69) is 41.5 Å². The van der Waals surface area contributed by atoms with E-state index in [0.717, 1.165) is 12.0 Å². The molecule has 7 heteroatoms. The average molecular weight is 407 g/mol. The van der Waals surface area contributed by atoms with E-state index < -0.39 is 0 Å². The zero-order chi connectivity index (χ0) is 18.3. The minimum Gasteiger partial charge on any atom is -0.493 e. The average Bonchev–Trinajstić information content (AvgIpc) is 3.04. The van der Waals surface area contributed by atoms with Crippen LogP contribution in [0.2, 0.25) is 0 Å². The summed E-state index contributed by atoms with van der Waals surface area (Å²) in [5.74, 6) is 1.94. The molecule has 0 saturated carbocycles. The lowest BCUT2D eigenvalue weighted by atomic mass is 9.90. The van der Waals surface area contributed by atoms with Crippen molar-refractivity contribution in [3.05, 3.63) is 53.2 Å². The predicted octanol–water partition coefficient (Wildman–Crippen LogP) is 3.41. The fourth-order valence-corrected chi connectivity index (χ4v) is 3.95. The van der Waals surface area contributed by atoms with Gasteiger partial charge in [-0.15, -0.1) is 12.4 Å². The second kappa shape index (κ2) is 8.73. The molecule has 2 unspecified atom stereocenters. The Hall–Kier alpha value is -2.41. The lowest BCUT2D eigenvalue weighted by Gasteiger charge is -2.30. The molecule has 2 aromatic carbocycles. The molecule has 4 N–H and O–H groups in total. The Balaban J connectivity index is 0.00000140. The standard InChI is InChI=1S/C21H24N2O3.ClH.H2O/c1-12-9-15-14-7-5-6-8-16(14)23-20(15)19(22-12)13-10-17(24-2)21(26-4)18(11-13)25-3;;/h5-8,10-12,19,22-23H,9H2,1-4H3;1H;1H2. The van der Waals surface area contributed by atoms with Gasteiger partial charge in [0.25, 0.3) is 0 Å². The van der Waals surface area contributed by atoms with Crippen LogP contribution in [0.1, 0.15) is 29.8 Å². The Morgan fingerprint density at radius 2 is 1.61 bits per heavy atom. The van der Waals surface area contributed by atoms with E-state index in [-0.39, 0.29) is 23.9 Å². The first-order valence-corrected chi connectivity index (χ1v) is 8.81. The molecule has 3 aromatic rings. The Labute approximate surface area is 170 Å². The summed E-state index contributed by atoms with van der Waals surface area (Å²) in [6, 6.07) is 12.9. The third-order valence-electron chi connectivity index (χ3n) is 5.12. The highest BCUT2D eigenvalue weighted by Gasteiger charge is 2.30. The van der Waals surface area contributed by atoms with Gasteiger partial charge in [-0.25, -0.2) is 0 Å². The number of H-pyrrole nitrogens is 1. The summed E-state index contributed by atoms with van der Waals surface area (Å²) in [5, 5.41) is 5.01.